The Morgan fingerprint density at radius 2 is 0.367 bits per heavy atom. The van der Waals surface area contributed by atoms with Gasteiger partial charge in [-0.25, -0.2) is 0 Å². The van der Waals surface area contributed by atoms with Gasteiger partial charge in [0.15, 0.2) is 0 Å². The van der Waals surface area contributed by atoms with Gasteiger partial charge in [-0.05, 0) is 117 Å². The Morgan fingerprint density at radius 1 is 0.183 bits per heavy atom. The number of anilines is 6. The van der Waals surface area contributed by atoms with Crippen LogP contribution in [-0.2, 0) is 0 Å². The van der Waals surface area contributed by atoms with Crippen molar-refractivity contribution in [2.24, 2.45) is 0 Å². The summed E-state index contributed by atoms with van der Waals surface area (Å²) in [5, 5.41) is 0. The average molecular weight is 769 g/mol. The Balaban J connectivity index is 0.810. The van der Waals surface area contributed by atoms with Crippen LogP contribution in [0.1, 0.15) is 22.3 Å². The fourth-order valence-electron chi connectivity index (χ4n) is 7.49. The minimum atomic E-state index is 1.13. The van der Waals surface area contributed by atoms with E-state index in [1.54, 1.807) is 0 Å². The molecule has 9 aromatic carbocycles. The fraction of sp³-hybridized carbons (Fsp3) is 0. The Morgan fingerprint density at radius 3 is 0.600 bits per heavy atom. The minimum Gasteiger partial charge on any atom is -0.311 e. The van der Waals surface area contributed by atoms with Crippen LogP contribution in [0, 0.1) is 0 Å². The summed E-state index contributed by atoms with van der Waals surface area (Å²) in [7, 11) is 0. The molecule has 0 heterocycles. The smallest absolute Gasteiger partial charge is 0.0462 e. The van der Waals surface area contributed by atoms with E-state index in [0.717, 1.165) is 34.1 Å². The van der Waals surface area contributed by atoms with Crippen LogP contribution in [0.15, 0.2) is 243 Å². The van der Waals surface area contributed by atoms with E-state index in [2.05, 4.69) is 277 Å². The van der Waals surface area contributed by atoms with Crippen LogP contribution in [0.4, 0.5) is 34.1 Å². The van der Waals surface area contributed by atoms with Crippen LogP contribution in [0.2, 0.25) is 0 Å². The summed E-state index contributed by atoms with van der Waals surface area (Å²) in [6.45, 7) is 0. The molecule has 0 spiro atoms. The highest BCUT2D eigenvalue weighted by molar-refractivity contribution is 5.81. The summed E-state index contributed by atoms with van der Waals surface area (Å²) >= 11 is 0. The molecule has 0 saturated heterocycles. The van der Waals surface area contributed by atoms with Crippen molar-refractivity contribution < 1.29 is 0 Å². The lowest BCUT2D eigenvalue weighted by Gasteiger charge is -2.25. The number of hydrogen-bond acceptors (Lipinski definition) is 2. The minimum absolute atomic E-state index is 1.13. The lowest BCUT2D eigenvalue weighted by atomic mass is 10.0. The quantitative estimate of drug-likeness (QED) is 0.114. The maximum absolute atomic E-state index is 2.28. The monoisotopic (exact) mass is 768 g/mol. The molecular formula is C58H44N2. The third-order valence-electron chi connectivity index (χ3n) is 10.7. The first-order valence-corrected chi connectivity index (χ1v) is 20.4. The summed E-state index contributed by atoms with van der Waals surface area (Å²) in [5.41, 5.74) is 16.2. The van der Waals surface area contributed by atoms with Crippen molar-refractivity contribution in [3.63, 3.8) is 0 Å². The zero-order chi connectivity index (χ0) is 40.4. The molecule has 2 heteroatoms. The number of nitrogens with zero attached hydrogens (tertiary/aromatic N) is 2. The normalized spacial score (nSPS) is 11.2. The van der Waals surface area contributed by atoms with Gasteiger partial charge in [0.2, 0.25) is 0 Å². The van der Waals surface area contributed by atoms with Gasteiger partial charge in [0.25, 0.3) is 0 Å². The Kier molecular flexibility index (Phi) is 11.4. The SMILES string of the molecule is C(=Cc1ccc(-c2ccc(N(c3ccccc3)c3ccccc3)cc2)cc1)c1ccc(C=Cc2ccc(-c3ccc(N(c4ccccc4)c4ccccc4)cc3)cc2)cc1. The summed E-state index contributed by atoms with van der Waals surface area (Å²) in [5.74, 6) is 0. The van der Waals surface area contributed by atoms with Crippen molar-refractivity contribution in [3.05, 3.63) is 265 Å². The van der Waals surface area contributed by atoms with Crippen LogP contribution < -0.4 is 9.80 Å². The van der Waals surface area contributed by atoms with Crippen LogP contribution >= 0.6 is 0 Å². The number of rotatable bonds is 12. The first-order chi connectivity index (χ1) is 29.7. The van der Waals surface area contributed by atoms with Crippen molar-refractivity contribution in [2.75, 3.05) is 9.80 Å². The molecule has 2 nitrogen and oxygen atoms in total. The Labute approximate surface area is 353 Å². The maximum Gasteiger partial charge on any atom is 0.0462 e. The van der Waals surface area contributed by atoms with Gasteiger partial charge in [-0.1, -0.05) is 194 Å². The molecule has 0 bridgehead atoms. The molecule has 0 N–H and O–H groups in total. The zero-order valence-corrected chi connectivity index (χ0v) is 33.3. The number of para-hydroxylation sites is 4. The lowest BCUT2D eigenvalue weighted by Crippen LogP contribution is -2.09. The van der Waals surface area contributed by atoms with Crippen molar-refractivity contribution >= 4 is 58.4 Å². The molecule has 60 heavy (non-hydrogen) atoms. The molecular weight excluding hydrogens is 725 g/mol. The molecule has 0 unspecified atom stereocenters. The molecule has 0 radical (unpaired) electrons. The van der Waals surface area contributed by atoms with E-state index in [-0.39, 0.29) is 0 Å². The van der Waals surface area contributed by atoms with E-state index in [4.69, 9.17) is 0 Å². The van der Waals surface area contributed by atoms with E-state index in [9.17, 15) is 0 Å². The van der Waals surface area contributed by atoms with Gasteiger partial charge < -0.3 is 9.80 Å². The standard InChI is InChI=1S/C58H44N2/c1-5-13-53(14-6-1)59(54-15-7-2-8-16-54)57-41-37-51(38-42-57)49-33-29-47(30-34-49)27-25-45-21-23-46(24-22-45)26-28-48-31-35-50(36-32-48)52-39-43-58(44-40-52)60(55-17-9-3-10-18-55)56-19-11-4-12-20-56/h1-44H. The van der Waals surface area contributed by atoms with E-state index in [1.165, 1.54) is 44.5 Å². The molecule has 0 saturated carbocycles. The molecule has 9 aromatic rings. The van der Waals surface area contributed by atoms with E-state index < -0.39 is 0 Å². The summed E-state index contributed by atoms with van der Waals surface area (Å²) in [6.07, 6.45) is 8.69. The third kappa shape index (κ3) is 8.95. The van der Waals surface area contributed by atoms with Gasteiger partial charge in [-0.3, -0.25) is 0 Å². The summed E-state index contributed by atoms with van der Waals surface area (Å²) in [4.78, 5) is 4.57. The van der Waals surface area contributed by atoms with Crippen LogP contribution in [0.5, 0.6) is 0 Å². The average Bonchev–Trinajstić information content (AvgIpc) is 3.33. The Hall–Kier alpha value is -7.94. The predicted molar refractivity (Wildman–Crippen MR) is 257 cm³/mol. The molecule has 286 valence electrons. The highest BCUT2D eigenvalue weighted by Crippen LogP contribution is 2.37. The highest BCUT2D eigenvalue weighted by atomic mass is 15.1. The molecule has 9 rings (SSSR count). The summed E-state index contributed by atoms with van der Waals surface area (Å²) in [6, 6.07) is 85.9. The van der Waals surface area contributed by atoms with Crippen molar-refractivity contribution in [3.8, 4) is 22.3 Å². The van der Waals surface area contributed by atoms with Gasteiger partial charge in [0, 0.05) is 34.1 Å². The van der Waals surface area contributed by atoms with Crippen LogP contribution in [0.25, 0.3) is 46.6 Å². The van der Waals surface area contributed by atoms with Gasteiger partial charge in [0.05, 0.1) is 0 Å². The molecule has 0 aromatic heterocycles. The van der Waals surface area contributed by atoms with Gasteiger partial charge in [-0.2, -0.15) is 0 Å². The largest absolute Gasteiger partial charge is 0.311 e. The first kappa shape index (κ1) is 37.6. The number of benzene rings is 9. The third-order valence-corrected chi connectivity index (χ3v) is 10.7. The molecule has 0 atom stereocenters. The van der Waals surface area contributed by atoms with Gasteiger partial charge >= 0.3 is 0 Å². The predicted octanol–water partition coefficient (Wildman–Crippen LogP) is 16.3. The van der Waals surface area contributed by atoms with Gasteiger partial charge in [-0.15, -0.1) is 0 Å². The zero-order valence-electron chi connectivity index (χ0n) is 33.3. The molecule has 0 amide bonds. The van der Waals surface area contributed by atoms with E-state index >= 15 is 0 Å². The second-order valence-corrected chi connectivity index (χ2v) is 14.7. The molecule has 0 aliphatic heterocycles. The topological polar surface area (TPSA) is 6.48 Å². The summed E-state index contributed by atoms with van der Waals surface area (Å²) < 4.78 is 0. The first-order valence-electron chi connectivity index (χ1n) is 20.4. The second kappa shape index (κ2) is 18.1. The fourth-order valence-corrected chi connectivity index (χ4v) is 7.49. The molecule has 0 aliphatic carbocycles. The number of hydrogen-bond donors (Lipinski definition) is 0. The van der Waals surface area contributed by atoms with Crippen LogP contribution in [-0.4, -0.2) is 0 Å². The molecule has 0 aliphatic rings. The van der Waals surface area contributed by atoms with Gasteiger partial charge in [0.1, 0.15) is 0 Å². The van der Waals surface area contributed by atoms with Crippen LogP contribution in [0.3, 0.4) is 0 Å². The van der Waals surface area contributed by atoms with E-state index in [0.29, 0.717) is 0 Å². The highest BCUT2D eigenvalue weighted by Gasteiger charge is 2.13. The van der Waals surface area contributed by atoms with Crippen molar-refractivity contribution in [1.82, 2.24) is 0 Å². The van der Waals surface area contributed by atoms with Crippen molar-refractivity contribution in [1.29, 1.82) is 0 Å². The molecule has 0 fully saturated rings. The lowest BCUT2D eigenvalue weighted by molar-refractivity contribution is 1.28. The maximum atomic E-state index is 2.28. The second-order valence-electron chi connectivity index (χ2n) is 14.7. The van der Waals surface area contributed by atoms with Crippen molar-refractivity contribution in [2.45, 2.75) is 0 Å². The van der Waals surface area contributed by atoms with E-state index in [1.807, 2.05) is 0 Å². The Bertz CT molecular complexity index is 2500.